The molecule has 0 spiro atoms. The fraction of sp³-hybridized carbons (Fsp3) is 0.0714. The molecule has 0 aliphatic carbocycles. The molecule has 3 nitrogen and oxygen atoms in total. The van der Waals surface area contributed by atoms with E-state index < -0.39 is 5.97 Å². The molecule has 0 atom stereocenters. The molecule has 0 fully saturated rings. The topological polar surface area (TPSA) is 46.5 Å². The minimum absolute atomic E-state index is 0.195. The van der Waals surface area contributed by atoms with Crippen molar-refractivity contribution in [3.8, 4) is 5.75 Å². The van der Waals surface area contributed by atoms with E-state index in [0.29, 0.717) is 16.8 Å². The van der Waals surface area contributed by atoms with Crippen LogP contribution in [0.2, 0.25) is 0 Å². The summed E-state index contributed by atoms with van der Waals surface area (Å²) in [5, 5.41) is 8.99. The van der Waals surface area contributed by atoms with Crippen LogP contribution < -0.4 is 4.74 Å². The summed E-state index contributed by atoms with van der Waals surface area (Å²) in [6.07, 6.45) is 0. The maximum atomic E-state index is 11.0. The Morgan fingerprint density at radius 3 is 2.56 bits per heavy atom. The average Bonchev–Trinajstić information content (AvgIpc) is 2.38. The van der Waals surface area contributed by atoms with Crippen LogP contribution in [0.3, 0.4) is 0 Å². The van der Waals surface area contributed by atoms with Crippen LogP contribution in [-0.4, -0.2) is 11.1 Å². The number of hydrogen-bond acceptors (Lipinski definition) is 2. The smallest absolute Gasteiger partial charge is 0.336 e. The Bertz CT molecular complexity index is 552. The summed E-state index contributed by atoms with van der Waals surface area (Å²) in [4.78, 5) is 11.0. The summed E-state index contributed by atoms with van der Waals surface area (Å²) in [6.45, 7) is 0.418. The Morgan fingerprint density at radius 2 is 1.89 bits per heavy atom. The molecule has 4 heteroatoms. The van der Waals surface area contributed by atoms with Crippen LogP contribution >= 0.6 is 15.9 Å². The zero-order chi connectivity index (χ0) is 13.0. The minimum Gasteiger partial charge on any atom is -0.489 e. The SMILES string of the molecule is O=C(O)c1cc(OCc2ccccc2)ccc1Br. The number of ether oxygens (including phenoxy) is 1. The highest BCUT2D eigenvalue weighted by Gasteiger charge is 2.09. The van der Waals surface area contributed by atoms with Crippen molar-refractivity contribution in [3.63, 3.8) is 0 Å². The van der Waals surface area contributed by atoms with E-state index in [1.54, 1.807) is 12.1 Å². The summed E-state index contributed by atoms with van der Waals surface area (Å²) in [5.74, 6) is -0.438. The monoisotopic (exact) mass is 306 g/mol. The van der Waals surface area contributed by atoms with Crippen LogP contribution in [0.15, 0.2) is 53.0 Å². The molecule has 92 valence electrons. The third-order valence-electron chi connectivity index (χ3n) is 2.42. The van der Waals surface area contributed by atoms with Gasteiger partial charge in [0.05, 0.1) is 5.56 Å². The predicted molar refractivity (Wildman–Crippen MR) is 71.9 cm³/mol. The molecular weight excluding hydrogens is 296 g/mol. The van der Waals surface area contributed by atoms with Gasteiger partial charge in [-0.3, -0.25) is 0 Å². The Morgan fingerprint density at radius 1 is 1.17 bits per heavy atom. The number of carboxylic acid groups (broad SMARTS) is 1. The molecule has 18 heavy (non-hydrogen) atoms. The Balaban J connectivity index is 2.11. The van der Waals surface area contributed by atoms with Crippen LogP contribution in [-0.2, 0) is 6.61 Å². The number of hydrogen-bond donors (Lipinski definition) is 1. The molecular formula is C14H11BrO3. The number of halogens is 1. The van der Waals surface area contributed by atoms with E-state index in [1.807, 2.05) is 30.3 Å². The van der Waals surface area contributed by atoms with Crippen molar-refractivity contribution in [1.82, 2.24) is 0 Å². The van der Waals surface area contributed by atoms with E-state index in [2.05, 4.69) is 15.9 Å². The van der Waals surface area contributed by atoms with Crippen molar-refractivity contribution in [3.05, 3.63) is 64.1 Å². The molecule has 0 aliphatic rings. The fourth-order valence-corrected chi connectivity index (χ4v) is 1.92. The summed E-state index contributed by atoms with van der Waals surface area (Å²) in [7, 11) is 0. The molecule has 0 amide bonds. The molecule has 2 aromatic rings. The quantitative estimate of drug-likeness (QED) is 0.936. The zero-order valence-electron chi connectivity index (χ0n) is 9.47. The molecule has 0 radical (unpaired) electrons. The summed E-state index contributed by atoms with van der Waals surface area (Å²) in [5.41, 5.74) is 1.23. The first-order chi connectivity index (χ1) is 8.66. The van der Waals surface area contributed by atoms with E-state index in [4.69, 9.17) is 9.84 Å². The summed E-state index contributed by atoms with van der Waals surface area (Å²) >= 11 is 3.19. The Hall–Kier alpha value is -1.81. The molecule has 0 saturated carbocycles. The normalized spacial score (nSPS) is 10.1. The van der Waals surface area contributed by atoms with E-state index in [1.165, 1.54) is 6.07 Å². The Labute approximate surface area is 113 Å². The molecule has 2 rings (SSSR count). The highest BCUT2D eigenvalue weighted by Crippen LogP contribution is 2.23. The van der Waals surface area contributed by atoms with Gasteiger partial charge in [-0.2, -0.15) is 0 Å². The summed E-state index contributed by atoms with van der Waals surface area (Å²) < 4.78 is 6.10. The van der Waals surface area contributed by atoms with Gasteiger partial charge in [-0.05, 0) is 39.7 Å². The van der Waals surface area contributed by atoms with Gasteiger partial charge < -0.3 is 9.84 Å². The lowest BCUT2D eigenvalue weighted by Crippen LogP contribution is -2.00. The molecule has 0 aromatic heterocycles. The van der Waals surface area contributed by atoms with Gasteiger partial charge in [-0.15, -0.1) is 0 Å². The highest BCUT2D eigenvalue weighted by molar-refractivity contribution is 9.10. The van der Waals surface area contributed by atoms with E-state index in [9.17, 15) is 4.79 Å². The first-order valence-electron chi connectivity index (χ1n) is 5.36. The van der Waals surface area contributed by atoms with E-state index in [0.717, 1.165) is 5.56 Å². The number of benzene rings is 2. The highest BCUT2D eigenvalue weighted by atomic mass is 79.9. The predicted octanol–water partition coefficient (Wildman–Crippen LogP) is 3.73. The van der Waals surface area contributed by atoms with Crippen LogP contribution in [0.4, 0.5) is 0 Å². The standard InChI is InChI=1S/C14H11BrO3/c15-13-7-6-11(8-12(13)14(16)17)18-9-10-4-2-1-3-5-10/h1-8H,9H2,(H,16,17). The van der Waals surface area contributed by atoms with Crippen molar-refractivity contribution in [2.75, 3.05) is 0 Å². The molecule has 0 saturated heterocycles. The van der Waals surface area contributed by atoms with Crippen molar-refractivity contribution in [2.45, 2.75) is 6.61 Å². The maximum Gasteiger partial charge on any atom is 0.336 e. The summed E-state index contributed by atoms with van der Waals surface area (Å²) in [6, 6.07) is 14.6. The lowest BCUT2D eigenvalue weighted by Gasteiger charge is -2.07. The second kappa shape index (κ2) is 5.69. The molecule has 0 unspecified atom stereocenters. The zero-order valence-corrected chi connectivity index (χ0v) is 11.1. The number of rotatable bonds is 4. The molecule has 0 heterocycles. The van der Waals surface area contributed by atoms with Gasteiger partial charge in [0.15, 0.2) is 0 Å². The third-order valence-corrected chi connectivity index (χ3v) is 3.11. The molecule has 0 bridgehead atoms. The lowest BCUT2D eigenvalue weighted by molar-refractivity contribution is 0.0695. The van der Waals surface area contributed by atoms with Gasteiger partial charge in [0.1, 0.15) is 12.4 Å². The van der Waals surface area contributed by atoms with Crippen LogP contribution in [0.5, 0.6) is 5.75 Å². The number of aromatic carboxylic acids is 1. The van der Waals surface area contributed by atoms with Gasteiger partial charge in [-0.25, -0.2) is 4.79 Å². The minimum atomic E-state index is -0.980. The average molecular weight is 307 g/mol. The molecule has 1 N–H and O–H groups in total. The lowest BCUT2D eigenvalue weighted by atomic mass is 10.2. The van der Waals surface area contributed by atoms with E-state index in [-0.39, 0.29) is 5.56 Å². The first-order valence-corrected chi connectivity index (χ1v) is 6.15. The third kappa shape index (κ3) is 3.11. The largest absolute Gasteiger partial charge is 0.489 e. The van der Waals surface area contributed by atoms with Crippen molar-refractivity contribution in [1.29, 1.82) is 0 Å². The van der Waals surface area contributed by atoms with Crippen LogP contribution in [0.25, 0.3) is 0 Å². The van der Waals surface area contributed by atoms with E-state index >= 15 is 0 Å². The van der Waals surface area contributed by atoms with Gasteiger partial charge in [0.2, 0.25) is 0 Å². The van der Waals surface area contributed by atoms with Crippen LogP contribution in [0, 0.1) is 0 Å². The second-order valence-electron chi connectivity index (χ2n) is 3.72. The van der Waals surface area contributed by atoms with Gasteiger partial charge in [0.25, 0.3) is 0 Å². The molecule has 2 aromatic carbocycles. The Kier molecular flexibility index (Phi) is 3.99. The van der Waals surface area contributed by atoms with Crippen LogP contribution in [0.1, 0.15) is 15.9 Å². The fourth-order valence-electron chi connectivity index (χ4n) is 1.50. The molecule has 0 aliphatic heterocycles. The number of carbonyl (C=O) groups is 1. The maximum absolute atomic E-state index is 11.0. The first kappa shape index (κ1) is 12.6. The van der Waals surface area contributed by atoms with Gasteiger partial charge in [0, 0.05) is 4.47 Å². The van der Waals surface area contributed by atoms with Crippen molar-refractivity contribution in [2.24, 2.45) is 0 Å². The number of carboxylic acids is 1. The second-order valence-corrected chi connectivity index (χ2v) is 4.58. The van der Waals surface area contributed by atoms with Gasteiger partial charge >= 0.3 is 5.97 Å². The van der Waals surface area contributed by atoms with Crippen molar-refractivity contribution >= 4 is 21.9 Å². The van der Waals surface area contributed by atoms with Crippen molar-refractivity contribution < 1.29 is 14.6 Å². The van der Waals surface area contributed by atoms with Gasteiger partial charge in [-0.1, -0.05) is 30.3 Å².